The van der Waals surface area contributed by atoms with E-state index in [0.717, 1.165) is 25.8 Å². The van der Waals surface area contributed by atoms with Gasteiger partial charge in [0.1, 0.15) is 0 Å². The van der Waals surface area contributed by atoms with Crippen LogP contribution in [0.1, 0.15) is 40.0 Å². The second kappa shape index (κ2) is 3.48. The van der Waals surface area contributed by atoms with Crippen LogP contribution in [0, 0.1) is 11.3 Å². The smallest absolute Gasteiger partial charge is 0.226 e. The molecule has 1 aliphatic carbocycles. The predicted molar refractivity (Wildman–Crippen MR) is 60.3 cm³/mol. The summed E-state index contributed by atoms with van der Waals surface area (Å²) >= 11 is 0. The number of carbonyl (C=O) groups is 1. The number of piperidine rings is 1. The maximum atomic E-state index is 12.2. The summed E-state index contributed by atoms with van der Waals surface area (Å²) in [6, 6.07) is 0.619. The molecule has 1 saturated heterocycles. The summed E-state index contributed by atoms with van der Waals surface area (Å²) < 4.78 is 0. The highest BCUT2D eigenvalue weighted by Crippen LogP contribution is 2.52. The van der Waals surface area contributed by atoms with E-state index in [1.807, 2.05) is 4.90 Å². The van der Waals surface area contributed by atoms with Crippen molar-refractivity contribution in [2.75, 3.05) is 6.54 Å². The Bertz CT molecular complexity index is 275. The van der Waals surface area contributed by atoms with Crippen LogP contribution in [0.4, 0.5) is 0 Å². The quantitative estimate of drug-likeness (QED) is 0.710. The number of nitrogens with two attached hydrogens (primary N) is 1. The molecule has 0 radical (unpaired) electrons. The van der Waals surface area contributed by atoms with Gasteiger partial charge in [0.15, 0.2) is 0 Å². The van der Waals surface area contributed by atoms with Crippen LogP contribution in [0.25, 0.3) is 0 Å². The molecule has 3 unspecified atom stereocenters. The lowest BCUT2D eigenvalue weighted by molar-refractivity contribution is -0.136. The third-order valence-electron chi connectivity index (χ3n) is 4.01. The zero-order valence-electron chi connectivity index (χ0n) is 9.99. The van der Waals surface area contributed by atoms with Crippen molar-refractivity contribution < 1.29 is 4.79 Å². The molecular weight excluding hydrogens is 188 g/mol. The van der Waals surface area contributed by atoms with E-state index in [4.69, 9.17) is 5.73 Å². The number of likely N-dealkylation sites (tertiary alicyclic amines) is 1. The highest BCUT2D eigenvalue weighted by molar-refractivity contribution is 5.82. The van der Waals surface area contributed by atoms with Gasteiger partial charge in [-0.3, -0.25) is 4.79 Å². The van der Waals surface area contributed by atoms with Gasteiger partial charge in [-0.15, -0.1) is 0 Å². The van der Waals surface area contributed by atoms with Crippen LogP contribution in [-0.2, 0) is 4.79 Å². The minimum atomic E-state index is 0.246. The highest BCUT2D eigenvalue weighted by Gasteiger charge is 2.52. The van der Waals surface area contributed by atoms with E-state index in [1.165, 1.54) is 0 Å². The third kappa shape index (κ3) is 2.03. The van der Waals surface area contributed by atoms with Gasteiger partial charge in [-0.1, -0.05) is 13.8 Å². The second-order valence-corrected chi connectivity index (χ2v) is 5.91. The molecule has 2 fully saturated rings. The van der Waals surface area contributed by atoms with Gasteiger partial charge < -0.3 is 10.6 Å². The molecule has 15 heavy (non-hydrogen) atoms. The monoisotopic (exact) mass is 210 g/mol. The lowest BCUT2D eigenvalue weighted by Crippen LogP contribution is -2.49. The Kier molecular flexibility index (Phi) is 2.53. The molecule has 2 N–H and O–H groups in total. The summed E-state index contributed by atoms with van der Waals surface area (Å²) in [6.07, 6.45) is 2.98. The largest absolute Gasteiger partial charge is 0.340 e. The van der Waals surface area contributed by atoms with E-state index in [1.54, 1.807) is 0 Å². The molecule has 1 aliphatic heterocycles. The van der Waals surface area contributed by atoms with Crippen molar-refractivity contribution in [3.8, 4) is 0 Å². The van der Waals surface area contributed by atoms with Crippen LogP contribution in [0.15, 0.2) is 0 Å². The van der Waals surface area contributed by atoms with Crippen molar-refractivity contribution in [2.24, 2.45) is 17.1 Å². The maximum absolute atomic E-state index is 12.2. The number of hydrogen-bond donors (Lipinski definition) is 1. The molecule has 2 aliphatic rings. The van der Waals surface area contributed by atoms with Gasteiger partial charge in [0, 0.05) is 24.5 Å². The van der Waals surface area contributed by atoms with E-state index in [0.29, 0.717) is 11.9 Å². The molecule has 3 atom stereocenters. The first-order valence-electron chi connectivity index (χ1n) is 5.98. The SMILES string of the molecule is CC1CC(N)CCN1C(=O)C1CC1(C)C. The standard InChI is InChI=1S/C12H22N2O/c1-8-6-9(13)4-5-14(8)11(15)10-7-12(10,2)3/h8-10H,4-7,13H2,1-3H3. The normalized spacial score (nSPS) is 38.9. The summed E-state index contributed by atoms with van der Waals surface area (Å²) in [7, 11) is 0. The van der Waals surface area contributed by atoms with E-state index >= 15 is 0 Å². The molecule has 1 saturated carbocycles. The summed E-state index contributed by atoms with van der Waals surface area (Å²) in [5.74, 6) is 0.633. The fourth-order valence-corrected chi connectivity index (χ4v) is 2.62. The molecule has 1 amide bonds. The van der Waals surface area contributed by atoms with Gasteiger partial charge in [-0.25, -0.2) is 0 Å². The fraction of sp³-hybridized carbons (Fsp3) is 0.917. The van der Waals surface area contributed by atoms with E-state index < -0.39 is 0 Å². The number of hydrogen-bond acceptors (Lipinski definition) is 2. The molecule has 0 aromatic carbocycles. The van der Waals surface area contributed by atoms with Crippen molar-refractivity contribution in [3.63, 3.8) is 0 Å². The molecule has 1 heterocycles. The van der Waals surface area contributed by atoms with Gasteiger partial charge in [0.2, 0.25) is 5.91 Å². The zero-order chi connectivity index (χ0) is 11.2. The van der Waals surface area contributed by atoms with Crippen LogP contribution in [-0.4, -0.2) is 29.4 Å². The van der Waals surface area contributed by atoms with Crippen LogP contribution < -0.4 is 5.73 Å². The fourth-order valence-electron chi connectivity index (χ4n) is 2.62. The first kappa shape index (κ1) is 10.9. The molecule has 86 valence electrons. The summed E-state index contributed by atoms with van der Waals surface area (Å²) in [5, 5.41) is 0. The molecular formula is C12H22N2O. The Hall–Kier alpha value is -0.570. The molecule has 3 nitrogen and oxygen atoms in total. The van der Waals surface area contributed by atoms with Gasteiger partial charge in [0.05, 0.1) is 0 Å². The summed E-state index contributed by atoms with van der Waals surface area (Å²) in [4.78, 5) is 14.2. The molecule has 0 aromatic rings. The van der Waals surface area contributed by atoms with Crippen LogP contribution in [0.2, 0.25) is 0 Å². The Morgan fingerprint density at radius 1 is 1.47 bits per heavy atom. The minimum Gasteiger partial charge on any atom is -0.340 e. The lowest BCUT2D eigenvalue weighted by atomic mass is 9.98. The summed E-state index contributed by atoms with van der Waals surface area (Å²) in [5.41, 5.74) is 6.14. The average Bonchev–Trinajstić information content (AvgIpc) is 2.74. The zero-order valence-corrected chi connectivity index (χ0v) is 9.99. The van der Waals surface area contributed by atoms with Gasteiger partial charge in [-0.2, -0.15) is 0 Å². The Morgan fingerprint density at radius 2 is 2.07 bits per heavy atom. The van der Waals surface area contributed by atoms with Crippen molar-refractivity contribution in [1.82, 2.24) is 4.90 Å². The van der Waals surface area contributed by atoms with Crippen molar-refractivity contribution >= 4 is 5.91 Å². The Labute approximate surface area is 92.0 Å². The Balaban J connectivity index is 1.96. The Morgan fingerprint density at radius 3 is 2.53 bits per heavy atom. The van der Waals surface area contributed by atoms with Crippen molar-refractivity contribution in [2.45, 2.75) is 52.1 Å². The van der Waals surface area contributed by atoms with Crippen LogP contribution >= 0.6 is 0 Å². The predicted octanol–water partition coefficient (Wildman–Crippen LogP) is 1.37. The topological polar surface area (TPSA) is 46.3 Å². The number of nitrogens with zero attached hydrogens (tertiary/aromatic N) is 1. The lowest BCUT2D eigenvalue weighted by Gasteiger charge is -2.36. The van der Waals surface area contributed by atoms with E-state index in [2.05, 4.69) is 20.8 Å². The van der Waals surface area contributed by atoms with Crippen molar-refractivity contribution in [3.05, 3.63) is 0 Å². The molecule has 0 aromatic heterocycles. The molecule has 0 bridgehead atoms. The van der Waals surface area contributed by atoms with E-state index in [-0.39, 0.29) is 17.4 Å². The van der Waals surface area contributed by atoms with Crippen molar-refractivity contribution in [1.29, 1.82) is 0 Å². The van der Waals surface area contributed by atoms with Crippen LogP contribution in [0.3, 0.4) is 0 Å². The van der Waals surface area contributed by atoms with Crippen LogP contribution in [0.5, 0.6) is 0 Å². The maximum Gasteiger partial charge on any atom is 0.226 e. The van der Waals surface area contributed by atoms with Gasteiger partial charge in [0.25, 0.3) is 0 Å². The first-order chi connectivity index (χ1) is 6.92. The first-order valence-corrected chi connectivity index (χ1v) is 5.98. The molecule has 2 rings (SSSR count). The van der Waals surface area contributed by atoms with E-state index in [9.17, 15) is 4.79 Å². The minimum absolute atomic E-state index is 0.246. The average molecular weight is 210 g/mol. The number of amides is 1. The van der Waals surface area contributed by atoms with Gasteiger partial charge in [-0.05, 0) is 31.6 Å². The van der Waals surface area contributed by atoms with Gasteiger partial charge >= 0.3 is 0 Å². The molecule has 0 spiro atoms. The second-order valence-electron chi connectivity index (χ2n) is 5.91. The third-order valence-corrected chi connectivity index (χ3v) is 4.01. The highest BCUT2D eigenvalue weighted by atomic mass is 16.2. The molecule has 3 heteroatoms. The number of rotatable bonds is 1. The summed E-state index contributed by atoms with van der Waals surface area (Å²) in [6.45, 7) is 7.33. The number of carbonyl (C=O) groups excluding carboxylic acids is 1.